The highest BCUT2D eigenvalue weighted by molar-refractivity contribution is 5.85. The van der Waals surface area contributed by atoms with Crippen LogP contribution in [0.1, 0.15) is 63.5 Å². The Balaban J connectivity index is 1.58. The zero-order chi connectivity index (χ0) is 25.4. The normalized spacial score (nSPS) is 14.1. The van der Waals surface area contributed by atoms with Crippen LogP contribution in [0.15, 0.2) is 48.5 Å². The summed E-state index contributed by atoms with van der Waals surface area (Å²) < 4.78 is 5.59. The average Bonchev–Trinajstić information content (AvgIpc) is 3.14. The lowest BCUT2D eigenvalue weighted by atomic mass is 9.94. The SMILES string of the molecule is CCC[C@H](NC(=O)OCC1c2ccccc2-c2ccccc21)C(=O)NC[C@H](CC(=O)O)CC(C)C. The summed E-state index contributed by atoms with van der Waals surface area (Å²) in [6, 6.07) is 15.5. The summed E-state index contributed by atoms with van der Waals surface area (Å²) in [5.74, 6) is -1.10. The van der Waals surface area contributed by atoms with Crippen molar-refractivity contribution in [1.82, 2.24) is 10.6 Å². The van der Waals surface area contributed by atoms with Crippen LogP contribution in [-0.4, -0.2) is 42.3 Å². The maximum atomic E-state index is 12.8. The van der Waals surface area contributed by atoms with E-state index in [1.165, 1.54) is 0 Å². The van der Waals surface area contributed by atoms with Crippen LogP contribution in [0.25, 0.3) is 11.1 Å². The molecule has 2 atom stereocenters. The molecule has 0 fully saturated rings. The van der Waals surface area contributed by atoms with Crippen molar-refractivity contribution in [2.45, 2.75) is 58.4 Å². The molecule has 7 nitrogen and oxygen atoms in total. The number of carbonyl (C=O) groups is 3. The van der Waals surface area contributed by atoms with Crippen molar-refractivity contribution in [2.75, 3.05) is 13.2 Å². The highest BCUT2D eigenvalue weighted by Gasteiger charge is 2.30. The van der Waals surface area contributed by atoms with E-state index in [-0.39, 0.29) is 37.3 Å². The van der Waals surface area contributed by atoms with E-state index in [4.69, 9.17) is 9.84 Å². The van der Waals surface area contributed by atoms with Crippen LogP contribution >= 0.6 is 0 Å². The van der Waals surface area contributed by atoms with E-state index in [0.717, 1.165) is 22.3 Å². The first-order chi connectivity index (χ1) is 16.8. The minimum atomic E-state index is -0.883. The van der Waals surface area contributed by atoms with E-state index in [1.54, 1.807) is 0 Å². The minimum absolute atomic E-state index is 0.00326. The van der Waals surface area contributed by atoms with Gasteiger partial charge in [0.2, 0.25) is 5.91 Å². The maximum absolute atomic E-state index is 12.8. The topological polar surface area (TPSA) is 105 Å². The molecule has 0 aliphatic heterocycles. The number of rotatable bonds is 12. The van der Waals surface area contributed by atoms with E-state index in [1.807, 2.05) is 45.0 Å². The molecule has 3 N–H and O–H groups in total. The van der Waals surface area contributed by atoms with Gasteiger partial charge in [-0.05, 0) is 46.9 Å². The largest absolute Gasteiger partial charge is 0.481 e. The van der Waals surface area contributed by atoms with E-state index < -0.39 is 18.1 Å². The Labute approximate surface area is 207 Å². The standard InChI is InChI=1S/C28H36N2O5/c1-4-9-25(27(33)29-16-19(14-18(2)3)15-26(31)32)30-28(34)35-17-24-22-12-7-5-10-20(22)21-11-6-8-13-23(21)24/h5-8,10-13,18-19,24-25H,4,9,14-17H2,1-3H3,(H,29,33)(H,30,34)(H,31,32)/t19-,25-/m0/s1. The molecular weight excluding hydrogens is 444 g/mol. The molecule has 0 saturated heterocycles. The van der Waals surface area contributed by atoms with E-state index >= 15 is 0 Å². The van der Waals surface area contributed by atoms with E-state index in [0.29, 0.717) is 25.2 Å². The molecule has 0 heterocycles. The molecule has 2 aromatic rings. The van der Waals surface area contributed by atoms with Gasteiger partial charge in [0.25, 0.3) is 0 Å². The highest BCUT2D eigenvalue weighted by atomic mass is 16.5. The smallest absolute Gasteiger partial charge is 0.407 e. The number of nitrogens with one attached hydrogen (secondary N) is 2. The van der Waals surface area contributed by atoms with Gasteiger partial charge in [-0.3, -0.25) is 9.59 Å². The van der Waals surface area contributed by atoms with Crippen LogP contribution in [0.4, 0.5) is 4.79 Å². The fourth-order valence-electron chi connectivity index (χ4n) is 4.86. The molecule has 35 heavy (non-hydrogen) atoms. The number of ether oxygens (including phenoxy) is 1. The number of carbonyl (C=O) groups excluding carboxylic acids is 2. The Morgan fingerprint density at radius 2 is 1.60 bits per heavy atom. The first-order valence-electron chi connectivity index (χ1n) is 12.4. The number of hydrogen-bond acceptors (Lipinski definition) is 4. The Hall–Kier alpha value is -3.35. The lowest BCUT2D eigenvalue weighted by Crippen LogP contribution is -2.48. The quantitative estimate of drug-likeness (QED) is 0.399. The molecule has 1 aliphatic carbocycles. The molecule has 2 amide bonds. The van der Waals surface area contributed by atoms with Crippen LogP contribution in [0, 0.1) is 11.8 Å². The van der Waals surface area contributed by atoms with Crippen molar-refractivity contribution < 1.29 is 24.2 Å². The van der Waals surface area contributed by atoms with Gasteiger partial charge in [0.15, 0.2) is 0 Å². The number of aliphatic carboxylic acids is 1. The molecule has 0 spiro atoms. The summed E-state index contributed by atoms with van der Waals surface area (Å²) in [7, 11) is 0. The second-order valence-corrected chi connectivity index (χ2v) is 9.65. The van der Waals surface area contributed by atoms with Crippen molar-refractivity contribution in [1.29, 1.82) is 0 Å². The molecular formula is C28H36N2O5. The molecule has 7 heteroatoms. The van der Waals surface area contributed by atoms with Gasteiger partial charge in [0, 0.05) is 18.9 Å². The molecule has 2 aromatic carbocycles. The molecule has 1 aliphatic rings. The monoisotopic (exact) mass is 480 g/mol. The van der Waals surface area contributed by atoms with Crippen LogP contribution in [0.5, 0.6) is 0 Å². The summed E-state index contributed by atoms with van der Waals surface area (Å²) in [6.07, 6.45) is 1.22. The predicted octanol–water partition coefficient (Wildman–Crippen LogP) is 4.95. The minimum Gasteiger partial charge on any atom is -0.481 e. The Morgan fingerprint density at radius 1 is 1.00 bits per heavy atom. The summed E-state index contributed by atoms with van der Waals surface area (Å²) in [5, 5.41) is 14.7. The maximum Gasteiger partial charge on any atom is 0.407 e. The third-order valence-electron chi connectivity index (χ3n) is 6.36. The van der Waals surface area contributed by atoms with Gasteiger partial charge in [-0.25, -0.2) is 4.79 Å². The molecule has 0 saturated carbocycles. The Bertz CT molecular complexity index is 990. The van der Waals surface area contributed by atoms with E-state index in [2.05, 4.69) is 34.9 Å². The number of carboxylic acid groups (broad SMARTS) is 1. The summed E-state index contributed by atoms with van der Waals surface area (Å²) in [6.45, 7) is 6.42. The third kappa shape index (κ3) is 7.07. The van der Waals surface area contributed by atoms with Crippen molar-refractivity contribution in [3.63, 3.8) is 0 Å². The molecule has 0 radical (unpaired) electrons. The number of benzene rings is 2. The first-order valence-corrected chi connectivity index (χ1v) is 12.4. The number of fused-ring (bicyclic) bond motifs is 3. The lowest BCUT2D eigenvalue weighted by molar-refractivity contribution is -0.138. The molecule has 3 rings (SSSR count). The van der Waals surface area contributed by atoms with Crippen LogP contribution in [0.3, 0.4) is 0 Å². The van der Waals surface area contributed by atoms with Crippen molar-refractivity contribution in [3.05, 3.63) is 59.7 Å². The van der Waals surface area contributed by atoms with Gasteiger partial charge >= 0.3 is 12.1 Å². The zero-order valence-electron chi connectivity index (χ0n) is 20.8. The summed E-state index contributed by atoms with van der Waals surface area (Å²) in [4.78, 5) is 36.6. The first kappa shape index (κ1) is 26.3. The fraction of sp³-hybridized carbons (Fsp3) is 0.464. The van der Waals surface area contributed by atoms with Gasteiger partial charge in [0.05, 0.1) is 0 Å². The van der Waals surface area contributed by atoms with Gasteiger partial charge in [-0.1, -0.05) is 75.7 Å². The number of hydrogen-bond donors (Lipinski definition) is 3. The third-order valence-corrected chi connectivity index (χ3v) is 6.36. The van der Waals surface area contributed by atoms with E-state index in [9.17, 15) is 14.4 Å². The number of carboxylic acids is 1. The zero-order valence-corrected chi connectivity index (χ0v) is 20.8. The van der Waals surface area contributed by atoms with Gasteiger partial charge in [-0.15, -0.1) is 0 Å². The summed E-state index contributed by atoms with van der Waals surface area (Å²) in [5.41, 5.74) is 4.55. The summed E-state index contributed by atoms with van der Waals surface area (Å²) >= 11 is 0. The Morgan fingerprint density at radius 3 is 2.14 bits per heavy atom. The van der Waals surface area contributed by atoms with Crippen molar-refractivity contribution in [2.24, 2.45) is 11.8 Å². The van der Waals surface area contributed by atoms with Crippen LogP contribution in [0.2, 0.25) is 0 Å². The predicted molar refractivity (Wildman–Crippen MR) is 135 cm³/mol. The van der Waals surface area contributed by atoms with Crippen LogP contribution in [-0.2, 0) is 14.3 Å². The van der Waals surface area contributed by atoms with Gasteiger partial charge < -0.3 is 20.5 Å². The highest BCUT2D eigenvalue weighted by Crippen LogP contribution is 2.44. The second kappa shape index (κ2) is 12.4. The van der Waals surface area contributed by atoms with Crippen LogP contribution < -0.4 is 10.6 Å². The van der Waals surface area contributed by atoms with Gasteiger partial charge in [-0.2, -0.15) is 0 Å². The second-order valence-electron chi connectivity index (χ2n) is 9.65. The fourth-order valence-corrected chi connectivity index (χ4v) is 4.86. The van der Waals surface area contributed by atoms with Crippen molar-refractivity contribution in [3.8, 4) is 11.1 Å². The number of amides is 2. The van der Waals surface area contributed by atoms with Crippen molar-refractivity contribution >= 4 is 18.0 Å². The average molecular weight is 481 g/mol. The molecule has 188 valence electrons. The Kier molecular flexibility index (Phi) is 9.29. The number of alkyl carbamates (subject to hydrolysis) is 1. The molecule has 0 unspecified atom stereocenters. The molecule has 0 aromatic heterocycles. The van der Waals surface area contributed by atoms with Gasteiger partial charge in [0.1, 0.15) is 12.6 Å². The lowest BCUT2D eigenvalue weighted by Gasteiger charge is -2.22. The molecule has 0 bridgehead atoms.